The molecule has 210 valence electrons. The Balaban J connectivity index is 1.33. The third kappa shape index (κ3) is 4.24. The van der Waals surface area contributed by atoms with Gasteiger partial charge in [0.05, 0.1) is 11.6 Å². The van der Waals surface area contributed by atoms with E-state index >= 15 is 0 Å². The van der Waals surface area contributed by atoms with Crippen molar-refractivity contribution in [3.05, 3.63) is 138 Å². The molecular formula is C40H30N4. The molecule has 44 heavy (non-hydrogen) atoms. The Hall–Kier alpha value is -5.40. The molecule has 0 aliphatic heterocycles. The number of fused-ring (bicyclic) bond motifs is 5. The molecule has 1 aromatic heterocycles. The first-order chi connectivity index (χ1) is 21.7. The zero-order valence-electron chi connectivity index (χ0n) is 24.4. The van der Waals surface area contributed by atoms with Gasteiger partial charge in [-0.2, -0.15) is 5.26 Å². The van der Waals surface area contributed by atoms with Gasteiger partial charge < -0.3 is 0 Å². The van der Waals surface area contributed by atoms with Gasteiger partial charge in [-0.1, -0.05) is 135 Å². The molecule has 0 atom stereocenters. The molecule has 1 fully saturated rings. The monoisotopic (exact) mass is 566 g/mol. The molecule has 1 saturated carbocycles. The highest BCUT2D eigenvalue weighted by molar-refractivity contribution is 5.93. The van der Waals surface area contributed by atoms with Gasteiger partial charge in [0.15, 0.2) is 17.5 Å². The van der Waals surface area contributed by atoms with Gasteiger partial charge >= 0.3 is 0 Å². The van der Waals surface area contributed by atoms with Crippen LogP contribution in [-0.4, -0.2) is 15.0 Å². The maximum atomic E-state index is 10.2. The highest BCUT2D eigenvalue weighted by Gasteiger charge is 2.46. The minimum atomic E-state index is -0.142. The highest BCUT2D eigenvalue weighted by Crippen LogP contribution is 2.58. The number of rotatable bonds is 4. The SMILES string of the molecule is N#Cc1cccc2c1C1(CCCCC1)c1cccc(-c3nc(-c4ccccc4)nc(-c4ccc(-c5ccccc5)cc4)n3)c1-2. The molecular weight excluding hydrogens is 536 g/mol. The number of aromatic nitrogens is 3. The van der Waals surface area contributed by atoms with Crippen LogP contribution in [0, 0.1) is 11.3 Å². The normalized spacial score (nSPS) is 14.5. The van der Waals surface area contributed by atoms with Crippen molar-refractivity contribution < 1.29 is 0 Å². The Labute approximate surface area is 257 Å². The minimum Gasteiger partial charge on any atom is -0.208 e. The molecule has 4 heteroatoms. The van der Waals surface area contributed by atoms with Crippen LogP contribution in [0.2, 0.25) is 0 Å². The van der Waals surface area contributed by atoms with Crippen LogP contribution in [-0.2, 0) is 5.41 Å². The topological polar surface area (TPSA) is 62.5 Å². The summed E-state index contributed by atoms with van der Waals surface area (Å²) in [5.41, 5.74) is 10.6. The molecule has 0 amide bonds. The van der Waals surface area contributed by atoms with Gasteiger partial charge in [0, 0.05) is 22.1 Å². The van der Waals surface area contributed by atoms with E-state index in [0.29, 0.717) is 17.5 Å². The van der Waals surface area contributed by atoms with E-state index in [4.69, 9.17) is 15.0 Å². The van der Waals surface area contributed by atoms with E-state index in [1.165, 1.54) is 23.1 Å². The molecule has 6 aromatic rings. The lowest BCUT2D eigenvalue weighted by Crippen LogP contribution is -2.29. The number of nitriles is 1. The lowest BCUT2D eigenvalue weighted by Gasteiger charge is -2.36. The van der Waals surface area contributed by atoms with Crippen LogP contribution in [0.1, 0.15) is 48.8 Å². The van der Waals surface area contributed by atoms with Crippen molar-refractivity contribution in [1.82, 2.24) is 15.0 Å². The van der Waals surface area contributed by atoms with E-state index in [1.807, 2.05) is 48.5 Å². The van der Waals surface area contributed by atoms with Gasteiger partial charge in [0.1, 0.15) is 0 Å². The predicted octanol–water partition coefficient (Wildman–Crippen LogP) is 9.64. The summed E-state index contributed by atoms with van der Waals surface area (Å²) in [6.45, 7) is 0. The van der Waals surface area contributed by atoms with Crippen molar-refractivity contribution in [3.63, 3.8) is 0 Å². The molecule has 2 aliphatic rings. The van der Waals surface area contributed by atoms with Crippen molar-refractivity contribution in [3.8, 4) is 62.5 Å². The Kier molecular flexibility index (Phi) is 6.38. The number of nitrogens with zero attached hydrogens (tertiary/aromatic N) is 4. The molecule has 0 radical (unpaired) electrons. The highest BCUT2D eigenvalue weighted by atomic mass is 15.0. The van der Waals surface area contributed by atoms with Crippen molar-refractivity contribution in [2.75, 3.05) is 0 Å². The average molecular weight is 567 g/mol. The molecule has 0 unspecified atom stereocenters. The first-order valence-electron chi connectivity index (χ1n) is 15.4. The molecule has 2 aliphatic carbocycles. The largest absolute Gasteiger partial charge is 0.208 e. The second kappa shape index (κ2) is 10.7. The third-order valence-electron chi connectivity index (χ3n) is 9.38. The summed E-state index contributed by atoms with van der Waals surface area (Å²) in [6.07, 6.45) is 5.67. The number of hydrogen-bond acceptors (Lipinski definition) is 4. The fraction of sp³-hybridized carbons (Fsp3) is 0.150. The summed E-state index contributed by atoms with van der Waals surface area (Å²) in [4.78, 5) is 15.2. The van der Waals surface area contributed by atoms with E-state index in [0.717, 1.165) is 64.6 Å². The van der Waals surface area contributed by atoms with Crippen molar-refractivity contribution in [1.29, 1.82) is 5.26 Å². The summed E-state index contributed by atoms with van der Waals surface area (Å²) in [5.74, 6) is 1.94. The Morgan fingerprint density at radius 2 is 1.05 bits per heavy atom. The first-order valence-corrected chi connectivity index (χ1v) is 15.4. The molecule has 0 saturated heterocycles. The maximum Gasteiger partial charge on any atom is 0.164 e. The van der Waals surface area contributed by atoms with Gasteiger partial charge in [-0.15, -0.1) is 0 Å². The van der Waals surface area contributed by atoms with Crippen LogP contribution in [0.15, 0.2) is 121 Å². The summed E-state index contributed by atoms with van der Waals surface area (Å²) >= 11 is 0. The van der Waals surface area contributed by atoms with Gasteiger partial charge in [0.2, 0.25) is 0 Å². The van der Waals surface area contributed by atoms with Gasteiger partial charge in [0.25, 0.3) is 0 Å². The summed E-state index contributed by atoms with van der Waals surface area (Å²) in [6, 6.07) is 44.2. The van der Waals surface area contributed by atoms with Crippen molar-refractivity contribution in [2.24, 2.45) is 0 Å². The third-order valence-corrected chi connectivity index (χ3v) is 9.38. The van der Waals surface area contributed by atoms with Crippen LogP contribution in [0.3, 0.4) is 0 Å². The standard InChI is InChI=1S/C40H30N4/c41-26-31-16-10-17-32-35-33(18-11-19-34(35)40(36(31)32)24-8-3-9-25-40)39-43-37(29-14-6-2-7-15-29)42-38(44-39)30-22-20-28(21-23-30)27-12-4-1-5-13-27/h1-2,4-7,10-23H,3,8-9,24-25H2. The van der Waals surface area contributed by atoms with Gasteiger partial charge in [-0.3, -0.25) is 0 Å². The summed E-state index contributed by atoms with van der Waals surface area (Å²) < 4.78 is 0. The molecule has 0 bridgehead atoms. The number of benzene rings is 5. The van der Waals surface area contributed by atoms with Crippen LogP contribution < -0.4 is 0 Å². The Morgan fingerprint density at radius 1 is 0.500 bits per heavy atom. The lowest BCUT2D eigenvalue weighted by atomic mass is 9.67. The van der Waals surface area contributed by atoms with E-state index in [-0.39, 0.29) is 5.41 Å². The second-order valence-electron chi connectivity index (χ2n) is 11.8. The zero-order valence-corrected chi connectivity index (χ0v) is 24.4. The Morgan fingerprint density at radius 3 is 1.73 bits per heavy atom. The van der Waals surface area contributed by atoms with Gasteiger partial charge in [-0.25, -0.2) is 15.0 Å². The summed E-state index contributed by atoms with van der Waals surface area (Å²) in [5, 5.41) is 10.2. The molecule has 8 rings (SSSR count). The van der Waals surface area contributed by atoms with E-state index < -0.39 is 0 Å². The van der Waals surface area contributed by atoms with Crippen LogP contribution >= 0.6 is 0 Å². The fourth-order valence-corrected chi connectivity index (χ4v) is 7.39. The smallest absolute Gasteiger partial charge is 0.164 e. The van der Waals surface area contributed by atoms with Crippen LogP contribution in [0.4, 0.5) is 0 Å². The molecule has 4 nitrogen and oxygen atoms in total. The Bertz CT molecular complexity index is 2030. The summed E-state index contributed by atoms with van der Waals surface area (Å²) in [7, 11) is 0. The fourth-order valence-electron chi connectivity index (χ4n) is 7.39. The van der Waals surface area contributed by atoms with E-state index in [9.17, 15) is 5.26 Å². The quantitative estimate of drug-likeness (QED) is 0.213. The lowest BCUT2D eigenvalue weighted by molar-refractivity contribution is 0.352. The van der Waals surface area contributed by atoms with Gasteiger partial charge in [-0.05, 0) is 52.3 Å². The zero-order chi connectivity index (χ0) is 29.5. The first kappa shape index (κ1) is 26.2. The molecule has 1 heterocycles. The van der Waals surface area contributed by atoms with Crippen molar-refractivity contribution in [2.45, 2.75) is 37.5 Å². The van der Waals surface area contributed by atoms with E-state index in [2.05, 4.69) is 78.9 Å². The van der Waals surface area contributed by atoms with Crippen LogP contribution in [0.25, 0.3) is 56.4 Å². The number of hydrogen-bond donors (Lipinski definition) is 0. The maximum absolute atomic E-state index is 10.2. The molecule has 0 N–H and O–H groups in total. The van der Waals surface area contributed by atoms with E-state index in [1.54, 1.807) is 0 Å². The molecule has 5 aromatic carbocycles. The molecule has 1 spiro atoms. The van der Waals surface area contributed by atoms with Crippen LogP contribution in [0.5, 0.6) is 0 Å². The second-order valence-corrected chi connectivity index (χ2v) is 11.8. The average Bonchev–Trinajstić information content (AvgIpc) is 3.38. The predicted molar refractivity (Wildman–Crippen MR) is 176 cm³/mol. The minimum absolute atomic E-state index is 0.142. The van der Waals surface area contributed by atoms with Crippen molar-refractivity contribution >= 4 is 0 Å².